The van der Waals surface area contributed by atoms with Gasteiger partial charge in [0.1, 0.15) is 11.7 Å². The van der Waals surface area contributed by atoms with Crippen LogP contribution < -0.4 is 5.32 Å². The maximum Gasteiger partial charge on any atom is 0.261 e. The third-order valence-electron chi connectivity index (χ3n) is 5.39. The van der Waals surface area contributed by atoms with Crippen molar-refractivity contribution in [1.82, 2.24) is 15.1 Å². The second kappa shape index (κ2) is 9.43. The Bertz CT molecular complexity index is 909. The fraction of sp³-hybridized carbons (Fsp3) is 0.545. The zero-order valence-electron chi connectivity index (χ0n) is 18.4. The van der Waals surface area contributed by atoms with Gasteiger partial charge in [-0.05, 0) is 39.4 Å². The maximum atomic E-state index is 13.0. The summed E-state index contributed by atoms with van der Waals surface area (Å²) >= 11 is 1.47. The van der Waals surface area contributed by atoms with Gasteiger partial charge >= 0.3 is 0 Å². The molecule has 2 amide bonds. The summed E-state index contributed by atoms with van der Waals surface area (Å²) < 4.78 is 12.5. The lowest BCUT2D eigenvalue weighted by Crippen LogP contribution is -2.51. The van der Waals surface area contributed by atoms with E-state index in [-0.39, 0.29) is 17.9 Å². The van der Waals surface area contributed by atoms with Crippen molar-refractivity contribution in [1.29, 1.82) is 0 Å². The smallest absolute Gasteiger partial charge is 0.261 e. The molecule has 1 aromatic heterocycles. The number of hydrogen-bond acceptors (Lipinski definition) is 6. The van der Waals surface area contributed by atoms with E-state index in [4.69, 9.17) is 9.47 Å². The number of likely N-dealkylation sites (N-methyl/N-ethyl adjacent to an activating group) is 1. The van der Waals surface area contributed by atoms with Gasteiger partial charge < -0.3 is 24.6 Å². The summed E-state index contributed by atoms with van der Waals surface area (Å²) in [5, 5.41) is 4.02. The summed E-state index contributed by atoms with van der Waals surface area (Å²) in [7, 11) is 5.48. The van der Waals surface area contributed by atoms with Gasteiger partial charge in [0.2, 0.25) is 0 Å². The molecule has 0 spiro atoms. The van der Waals surface area contributed by atoms with Crippen LogP contribution >= 0.6 is 11.3 Å². The molecular formula is C22H31N3O4S. The number of ether oxygens (including phenoxy) is 2. The summed E-state index contributed by atoms with van der Waals surface area (Å²) in [5.41, 5.74) is -0.0315. The second-order valence-corrected chi connectivity index (χ2v) is 9.28. The van der Waals surface area contributed by atoms with Gasteiger partial charge in [0.15, 0.2) is 0 Å². The number of methoxy groups -OCH3 is 1. The van der Waals surface area contributed by atoms with Crippen molar-refractivity contribution in [2.45, 2.75) is 25.6 Å². The minimum Gasteiger partial charge on any atom is -0.370 e. The molecule has 1 unspecified atom stereocenters. The number of nitrogens with zero attached hydrogens (tertiary/aromatic N) is 2. The average molecular weight is 434 g/mol. The quantitative estimate of drug-likeness (QED) is 0.727. The summed E-state index contributed by atoms with van der Waals surface area (Å²) in [6, 6.07) is 7.96. The van der Waals surface area contributed by atoms with Crippen LogP contribution in [0, 0.1) is 0 Å². The van der Waals surface area contributed by atoms with Crippen molar-refractivity contribution >= 4 is 33.2 Å². The van der Waals surface area contributed by atoms with Crippen LogP contribution in [0.4, 0.5) is 0 Å². The SMILES string of the molecule is COC(C)(C)C(=O)N1CCOC(c2c(C(=O)NCCN(C)C)sc3ccccc23)C1. The van der Waals surface area contributed by atoms with E-state index in [2.05, 4.69) is 5.32 Å². The molecule has 1 aliphatic heterocycles. The Kier molecular flexibility index (Phi) is 7.13. The summed E-state index contributed by atoms with van der Waals surface area (Å²) in [5.74, 6) is -0.174. The number of carbonyl (C=O) groups excluding carboxylic acids is 2. The lowest BCUT2D eigenvalue weighted by Gasteiger charge is -2.37. The lowest BCUT2D eigenvalue weighted by molar-refractivity contribution is -0.158. The molecule has 7 nitrogen and oxygen atoms in total. The predicted molar refractivity (Wildman–Crippen MR) is 119 cm³/mol. The van der Waals surface area contributed by atoms with Gasteiger partial charge in [-0.1, -0.05) is 18.2 Å². The van der Waals surface area contributed by atoms with Crippen molar-refractivity contribution in [2.24, 2.45) is 0 Å². The first-order valence-electron chi connectivity index (χ1n) is 10.1. The number of nitrogens with one attached hydrogen (secondary N) is 1. The minimum absolute atomic E-state index is 0.0742. The van der Waals surface area contributed by atoms with Crippen LogP contribution in [0.25, 0.3) is 10.1 Å². The molecule has 2 aromatic rings. The zero-order chi connectivity index (χ0) is 21.9. The van der Waals surface area contributed by atoms with Crippen LogP contribution in [0.1, 0.15) is 35.2 Å². The number of amides is 2. The molecule has 2 heterocycles. The van der Waals surface area contributed by atoms with Gasteiger partial charge in [0, 0.05) is 37.0 Å². The molecular weight excluding hydrogens is 402 g/mol. The van der Waals surface area contributed by atoms with E-state index in [1.54, 1.807) is 25.9 Å². The van der Waals surface area contributed by atoms with Gasteiger partial charge in [-0.3, -0.25) is 9.59 Å². The molecule has 164 valence electrons. The molecule has 0 aliphatic carbocycles. The third kappa shape index (κ3) is 4.83. The molecule has 1 saturated heterocycles. The summed E-state index contributed by atoms with van der Waals surface area (Å²) in [6.07, 6.45) is -0.360. The number of thiophene rings is 1. The Labute approximate surface area is 181 Å². The molecule has 30 heavy (non-hydrogen) atoms. The Hall–Kier alpha value is -2.00. The summed E-state index contributed by atoms with van der Waals surface area (Å²) in [4.78, 5) is 30.4. The predicted octanol–water partition coefficient (Wildman–Crippen LogP) is 2.52. The van der Waals surface area contributed by atoms with Crippen LogP contribution in [-0.4, -0.2) is 81.2 Å². The van der Waals surface area contributed by atoms with E-state index in [0.29, 0.717) is 31.1 Å². The number of morpholine rings is 1. The average Bonchev–Trinajstić information content (AvgIpc) is 3.12. The Balaban J connectivity index is 1.90. The van der Waals surface area contributed by atoms with Crippen molar-refractivity contribution in [3.8, 4) is 0 Å². The largest absolute Gasteiger partial charge is 0.370 e. The fourth-order valence-electron chi connectivity index (χ4n) is 3.50. The third-order valence-corrected chi connectivity index (χ3v) is 6.57. The van der Waals surface area contributed by atoms with Gasteiger partial charge in [0.05, 0.1) is 18.0 Å². The molecule has 1 aromatic carbocycles. The highest BCUT2D eigenvalue weighted by molar-refractivity contribution is 7.21. The van der Waals surface area contributed by atoms with Crippen LogP contribution in [-0.2, 0) is 14.3 Å². The van der Waals surface area contributed by atoms with E-state index in [9.17, 15) is 9.59 Å². The monoisotopic (exact) mass is 433 g/mol. The Morgan fingerprint density at radius 2 is 2.07 bits per heavy atom. The standard InChI is InChI=1S/C22H31N3O4S/c1-22(2,28-5)21(27)25-12-13-29-16(14-25)18-15-8-6-7-9-17(15)30-19(18)20(26)23-10-11-24(3)4/h6-9,16H,10-14H2,1-5H3,(H,23,26). The number of hydrogen-bond donors (Lipinski definition) is 1. The van der Waals surface area contributed by atoms with Crippen LogP contribution in [0.15, 0.2) is 24.3 Å². The lowest BCUT2D eigenvalue weighted by atomic mass is 10.0. The number of fused-ring (bicyclic) bond motifs is 1. The first kappa shape index (κ1) is 22.7. The molecule has 0 radical (unpaired) electrons. The number of rotatable bonds is 7. The zero-order valence-corrected chi connectivity index (χ0v) is 19.2. The van der Waals surface area contributed by atoms with Gasteiger partial charge in [-0.15, -0.1) is 11.3 Å². The molecule has 0 bridgehead atoms. The van der Waals surface area contributed by atoms with E-state index >= 15 is 0 Å². The number of carbonyl (C=O) groups is 2. The van der Waals surface area contributed by atoms with Crippen molar-refractivity contribution < 1.29 is 19.1 Å². The van der Waals surface area contributed by atoms with Crippen LogP contribution in [0.2, 0.25) is 0 Å². The van der Waals surface area contributed by atoms with Crippen molar-refractivity contribution in [3.63, 3.8) is 0 Å². The highest BCUT2D eigenvalue weighted by atomic mass is 32.1. The highest BCUT2D eigenvalue weighted by Crippen LogP contribution is 2.38. The molecule has 1 fully saturated rings. The number of benzene rings is 1. The van der Waals surface area contributed by atoms with Gasteiger partial charge in [0.25, 0.3) is 11.8 Å². The second-order valence-electron chi connectivity index (χ2n) is 8.23. The minimum atomic E-state index is -0.898. The van der Waals surface area contributed by atoms with Crippen molar-refractivity contribution in [3.05, 3.63) is 34.7 Å². The Morgan fingerprint density at radius 1 is 1.33 bits per heavy atom. The van der Waals surface area contributed by atoms with E-state index in [1.165, 1.54) is 11.3 Å². The normalized spacial score (nSPS) is 17.5. The molecule has 0 saturated carbocycles. The first-order chi connectivity index (χ1) is 14.2. The molecule has 1 atom stereocenters. The van der Waals surface area contributed by atoms with Gasteiger partial charge in [-0.2, -0.15) is 0 Å². The van der Waals surface area contributed by atoms with Crippen LogP contribution in [0.5, 0.6) is 0 Å². The maximum absolute atomic E-state index is 13.0. The first-order valence-corrected chi connectivity index (χ1v) is 11.0. The summed E-state index contributed by atoms with van der Waals surface area (Å²) in [6.45, 7) is 6.19. The van der Waals surface area contributed by atoms with Gasteiger partial charge in [-0.25, -0.2) is 0 Å². The molecule has 3 rings (SSSR count). The highest BCUT2D eigenvalue weighted by Gasteiger charge is 2.37. The van der Waals surface area contributed by atoms with E-state index in [1.807, 2.05) is 43.3 Å². The van der Waals surface area contributed by atoms with Crippen molar-refractivity contribution in [2.75, 3.05) is 54.0 Å². The Morgan fingerprint density at radius 3 is 2.77 bits per heavy atom. The van der Waals surface area contributed by atoms with E-state index < -0.39 is 5.60 Å². The fourth-order valence-corrected chi connectivity index (χ4v) is 4.67. The molecule has 8 heteroatoms. The molecule has 1 aliphatic rings. The van der Waals surface area contributed by atoms with E-state index in [0.717, 1.165) is 22.2 Å². The van der Waals surface area contributed by atoms with Crippen LogP contribution in [0.3, 0.4) is 0 Å². The molecule has 1 N–H and O–H groups in total. The topological polar surface area (TPSA) is 71.1 Å².